The number of rotatable bonds is 4. The van der Waals surface area contributed by atoms with Crippen LogP contribution in [0.25, 0.3) is 0 Å². The Morgan fingerprint density at radius 1 is 1.00 bits per heavy atom. The molecule has 0 unspecified atom stereocenters. The molecule has 0 aliphatic rings. The predicted molar refractivity (Wildman–Crippen MR) is 50.3 cm³/mol. The van der Waals surface area contributed by atoms with Crippen LogP contribution in [-0.2, 0) is 0 Å². The Balaban J connectivity index is 2.92. The molecule has 0 aromatic carbocycles. The van der Waals surface area contributed by atoms with Crippen LogP contribution in [0.3, 0.4) is 0 Å². The Hall–Kier alpha value is 0.730. The average molecular weight is 228 g/mol. The Bertz CT molecular complexity index is 37.7. The summed E-state index contributed by atoms with van der Waals surface area (Å²) in [4.78, 5) is 2.50. The van der Waals surface area contributed by atoms with Crippen molar-refractivity contribution < 1.29 is 0 Å². The fraction of sp³-hybridized carbons (Fsp3) is 1.00. The fourth-order valence-electron chi connectivity index (χ4n) is 0.740. The zero-order chi connectivity index (χ0) is 6.41. The molecule has 0 bridgehead atoms. The average Bonchev–Trinajstić information content (AvgIpc) is 1.68. The molecule has 0 aliphatic heterocycles. The first-order valence-corrected chi connectivity index (χ1v) is 8.54. The van der Waals surface area contributed by atoms with Crippen LogP contribution in [0, 0.1) is 0 Å². The molecule has 0 aromatic rings. The van der Waals surface area contributed by atoms with Gasteiger partial charge in [0, 0.05) is 0 Å². The van der Waals surface area contributed by atoms with Gasteiger partial charge >= 0.3 is 60.3 Å². The topological polar surface area (TPSA) is 0 Å². The predicted octanol–water partition coefficient (Wildman–Crippen LogP) is 2.94. The molecule has 0 aromatic heterocycles. The van der Waals surface area contributed by atoms with E-state index in [1.807, 2.05) is 0 Å². The molecule has 0 amide bonds. The van der Waals surface area contributed by atoms with Crippen molar-refractivity contribution in [2.75, 3.05) is 13.8 Å². The van der Waals surface area contributed by atoms with Crippen molar-refractivity contribution in [1.29, 1.82) is 0 Å². The monoisotopic (exact) mass is 228 g/mol. The van der Waals surface area contributed by atoms with Crippen LogP contribution in [0.4, 0.5) is 0 Å². The van der Waals surface area contributed by atoms with Crippen LogP contribution in [0.2, 0.25) is 0 Å². The molecule has 8 heavy (non-hydrogen) atoms. The van der Waals surface area contributed by atoms with Gasteiger partial charge in [0.1, 0.15) is 0 Å². The summed E-state index contributed by atoms with van der Waals surface area (Å²) in [5, 5.41) is 0. The Labute approximate surface area is 60.4 Å². The van der Waals surface area contributed by atoms with E-state index in [2.05, 4.69) is 18.8 Å². The molecule has 0 rings (SSSR count). The first kappa shape index (κ1) is 8.73. The van der Waals surface area contributed by atoms with Crippen LogP contribution in [0.1, 0.15) is 26.7 Å². The molecule has 0 saturated carbocycles. The SMILES string of the molecule is CCCI(C)CCC. The van der Waals surface area contributed by atoms with E-state index < -0.39 is 0 Å². The van der Waals surface area contributed by atoms with Crippen molar-refractivity contribution in [1.82, 2.24) is 0 Å². The van der Waals surface area contributed by atoms with Gasteiger partial charge in [-0.2, -0.15) is 0 Å². The second-order valence-corrected chi connectivity index (χ2v) is 8.39. The van der Waals surface area contributed by atoms with E-state index in [1.165, 1.54) is 12.8 Å². The summed E-state index contributed by atoms with van der Waals surface area (Å²) in [7, 11) is 0. The zero-order valence-corrected chi connectivity index (χ0v) is 8.36. The van der Waals surface area contributed by atoms with Gasteiger partial charge in [-0.1, -0.05) is 0 Å². The summed E-state index contributed by atoms with van der Waals surface area (Å²) in [6.07, 6.45) is 2.84. The molecule has 0 saturated heterocycles. The number of halogens is 1. The van der Waals surface area contributed by atoms with E-state index in [9.17, 15) is 0 Å². The molecule has 0 aliphatic carbocycles. The van der Waals surface area contributed by atoms with Gasteiger partial charge in [0.05, 0.1) is 0 Å². The van der Waals surface area contributed by atoms with Gasteiger partial charge in [0.15, 0.2) is 0 Å². The molecule has 0 radical (unpaired) electrons. The van der Waals surface area contributed by atoms with Gasteiger partial charge in [0.25, 0.3) is 0 Å². The summed E-state index contributed by atoms with van der Waals surface area (Å²) in [6.45, 7) is 4.59. The Morgan fingerprint density at radius 2 is 1.38 bits per heavy atom. The van der Waals surface area contributed by atoms with Crippen molar-refractivity contribution in [3.05, 3.63) is 0 Å². The summed E-state index contributed by atoms with van der Waals surface area (Å²) in [6, 6.07) is 0. The molecule has 0 fully saturated rings. The first-order chi connectivity index (χ1) is 3.81. The van der Waals surface area contributed by atoms with Crippen molar-refractivity contribution >= 4 is 19.8 Å². The van der Waals surface area contributed by atoms with Gasteiger partial charge in [-0.05, 0) is 0 Å². The van der Waals surface area contributed by atoms with Crippen LogP contribution in [-0.4, -0.2) is 13.8 Å². The van der Waals surface area contributed by atoms with Crippen LogP contribution >= 0.6 is 19.8 Å². The molecule has 0 N–H and O–H groups in total. The van der Waals surface area contributed by atoms with Gasteiger partial charge in [-0.3, -0.25) is 0 Å². The summed E-state index contributed by atoms with van der Waals surface area (Å²) in [5.74, 6) is 0. The van der Waals surface area contributed by atoms with E-state index in [4.69, 9.17) is 0 Å². The first-order valence-electron chi connectivity index (χ1n) is 3.33. The molecule has 0 heterocycles. The third-order valence-electron chi connectivity index (χ3n) is 1.02. The second kappa shape index (κ2) is 5.86. The van der Waals surface area contributed by atoms with Gasteiger partial charge < -0.3 is 0 Å². The van der Waals surface area contributed by atoms with Crippen molar-refractivity contribution in [3.8, 4) is 0 Å². The third-order valence-corrected chi connectivity index (χ3v) is 6.86. The van der Waals surface area contributed by atoms with Crippen molar-refractivity contribution in [3.63, 3.8) is 0 Å². The minimum atomic E-state index is -0.351. The molecule has 0 nitrogen and oxygen atoms in total. The zero-order valence-electron chi connectivity index (χ0n) is 6.21. The normalized spacial score (nSPS) is 11.6. The van der Waals surface area contributed by atoms with Crippen LogP contribution in [0.15, 0.2) is 0 Å². The molecular formula is C7H17I. The maximum absolute atomic E-state index is 2.50. The number of hydrogen-bond acceptors (Lipinski definition) is 0. The maximum atomic E-state index is 2.50. The molecular weight excluding hydrogens is 211 g/mol. The second-order valence-electron chi connectivity index (χ2n) is 2.10. The van der Waals surface area contributed by atoms with Crippen molar-refractivity contribution in [2.24, 2.45) is 0 Å². The van der Waals surface area contributed by atoms with Gasteiger partial charge in [-0.25, -0.2) is 0 Å². The number of alkyl halides is 3. The third kappa shape index (κ3) is 4.88. The Kier molecular flexibility index (Phi) is 6.39. The van der Waals surface area contributed by atoms with E-state index >= 15 is 0 Å². The van der Waals surface area contributed by atoms with Crippen LogP contribution in [0.5, 0.6) is 0 Å². The quantitative estimate of drug-likeness (QED) is 0.512. The fourth-order valence-corrected chi connectivity index (χ4v) is 4.96. The van der Waals surface area contributed by atoms with E-state index in [-0.39, 0.29) is 19.8 Å². The summed E-state index contributed by atoms with van der Waals surface area (Å²) < 4.78 is 3.13. The van der Waals surface area contributed by atoms with E-state index in [0.29, 0.717) is 0 Å². The van der Waals surface area contributed by atoms with Crippen molar-refractivity contribution in [2.45, 2.75) is 26.7 Å². The minimum absolute atomic E-state index is 0.351. The summed E-state index contributed by atoms with van der Waals surface area (Å²) >= 11 is -0.351. The molecule has 0 atom stereocenters. The molecule has 0 spiro atoms. The Morgan fingerprint density at radius 3 is 1.62 bits per heavy atom. The van der Waals surface area contributed by atoms with E-state index in [0.717, 1.165) is 0 Å². The summed E-state index contributed by atoms with van der Waals surface area (Å²) in [5.41, 5.74) is 0. The van der Waals surface area contributed by atoms with Crippen LogP contribution < -0.4 is 0 Å². The van der Waals surface area contributed by atoms with Gasteiger partial charge in [0.2, 0.25) is 0 Å². The number of hydrogen-bond donors (Lipinski definition) is 0. The van der Waals surface area contributed by atoms with E-state index in [1.54, 1.807) is 8.86 Å². The van der Waals surface area contributed by atoms with Gasteiger partial charge in [-0.15, -0.1) is 0 Å². The molecule has 52 valence electrons. The molecule has 1 heteroatoms. The standard InChI is InChI=1S/C7H17I/c1-4-6-8(3)7-5-2/h4-7H2,1-3H3.